The van der Waals surface area contributed by atoms with Crippen molar-refractivity contribution >= 4 is 11.9 Å². The molecule has 0 aliphatic carbocycles. The maximum Gasteiger partial charge on any atom is 0.232 e. The van der Waals surface area contributed by atoms with Gasteiger partial charge in [-0.2, -0.15) is 0 Å². The molecule has 0 amide bonds. The van der Waals surface area contributed by atoms with Gasteiger partial charge < -0.3 is 23.7 Å². The number of ketones is 1. The number of allylic oxidation sites excluding steroid dienone is 1. The molecule has 0 N–H and O–H groups in total. The molecule has 2 aliphatic heterocycles. The molecule has 0 atom stereocenters. The minimum Gasteiger partial charge on any atom is -0.497 e. The summed E-state index contributed by atoms with van der Waals surface area (Å²) in [5, 5.41) is 0. The summed E-state index contributed by atoms with van der Waals surface area (Å²) in [4.78, 5) is 15.4. The fraction of sp³-hybridized carbons (Fsp3) is 0.375. The first-order valence-corrected chi connectivity index (χ1v) is 10.2. The number of aryl methyl sites for hydroxylation is 1. The zero-order valence-corrected chi connectivity index (χ0v) is 18.3. The summed E-state index contributed by atoms with van der Waals surface area (Å²) in [6.45, 7) is 4.61. The first-order chi connectivity index (χ1) is 15.0. The molecule has 164 valence electrons. The molecule has 0 fully saturated rings. The lowest BCUT2D eigenvalue weighted by Crippen LogP contribution is -2.33. The summed E-state index contributed by atoms with van der Waals surface area (Å²) in [5.41, 5.74) is 3.04. The molecule has 0 saturated heterocycles. The van der Waals surface area contributed by atoms with Crippen LogP contribution >= 0.6 is 0 Å². The van der Waals surface area contributed by atoms with Crippen molar-refractivity contribution < 1.29 is 28.5 Å². The Kier molecular flexibility index (Phi) is 6.15. The molecule has 0 aromatic heterocycles. The molecule has 2 aromatic rings. The number of Topliss-reactive ketones (excluding diaryl/α,β-unsaturated/α-hetero) is 1. The first kappa shape index (κ1) is 21.2. The standard InChI is InChI=1S/C24H27NO6/c1-15-10-20-18(13-25(14-30-20)8-5-9-27-2)24-22(15)23(26)21(31-24)12-16-11-17(28-3)6-7-19(16)29-4/h6-7,10-12H,5,8-9,13-14H2,1-4H3/b21-12-. The Morgan fingerprint density at radius 2 is 2.00 bits per heavy atom. The van der Waals surface area contributed by atoms with E-state index in [9.17, 15) is 4.79 Å². The lowest BCUT2D eigenvalue weighted by Gasteiger charge is -2.30. The summed E-state index contributed by atoms with van der Waals surface area (Å²) in [6.07, 6.45) is 2.61. The average molecular weight is 425 g/mol. The van der Waals surface area contributed by atoms with E-state index in [0.717, 1.165) is 29.8 Å². The molecule has 0 spiro atoms. The zero-order chi connectivity index (χ0) is 22.0. The van der Waals surface area contributed by atoms with E-state index in [-0.39, 0.29) is 11.5 Å². The molecule has 0 radical (unpaired) electrons. The predicted octanol–water partition coefficient (Wildman–Crippen LogP) is 3.82. The topological polar surface area (TPSA) is 66.5 Å². The molecular weight excluding hydrogens is 398 g/mol. The second-order valence-electron chi connectivity index (χ2n) is 7.59. The molecule has 2 aromatic carbocycles. The van der Waals surface area contributed by atoms with Gasteiger partial charge in [0.15, 0.2) is 5.76 Å². The molecule has 0 saturated carbocycles. The van der Waals surface area contributed by atoms with Crippen LogP contribution in [0.1, 0.15) is 33.5 Å². The van der Waals surface area contributed by atoms with E-state index in [0.29, 0.717) is 48.3 Å². The van der Waals surface area contributed by atoms with Gasteiger partial charge in [-0.1, -0.05) is 0 Å². The van der Waals surface area contributed by atoms with E-state index < -0.39 is 0 Å². The van der Waals surface area contributed by atoms with Crippen LogP contribution in [0.25, 0.3) is 6.08 Å². The van der Waals surface area contributed by atoms with Crippen molar-refractivity contribution in [2.24, 2.45) is 0 Å². The third kappa shape index (κ3) is 4.11. The highest BCUT2D eigenvalue weighted by molar-refractivity contribution is 6.16. The van der Waals surface area contributed by atoms with Crippen LogP contribution in [-0.2, 0) is 11.3 Å². The van der Waals surface area contributed by atoms with Crippen LogP contribution < -0.4 is 18.9 Å². The van der Waals surface area contributed by atoms with Crippen molar-refractivity contribution in [2.75, 3.05) is 41.2 Å². The van der Waals surface area contributed by atoms with Crippen molar-refractivity contribution in [3.8, 4) is 23.0 Å². The van der Waals surface area contributed by atoms with Gasteiger partial charge in [-0.05, 0) is 49.2 Å². The van der Waals surface area contributed by atoms with Crippen molar-refractivity contribution in [1.82, 2.24) is 4.90 Å². The third-order valence-electron chi connectivity index (χ3n) is 5.53. The molecule has 2 aliphatic rings. The number of rotatable bonds is 7. The predicted molar refractivity (Wildman–Crippen MR) is 116 cm³/mol. The Morgan fingerprint density at radius 1 is 1.16 bits per heavy atom. The van der Waals surface area contributed by atoms with Gasteiger partial charge in [0.05, 0.1) is 25.3 Å². The van der Waals surface area contributed by atoms with Crippen molar-refractivity contribution in [2.45, 2.75) is 19.9 Å². The maximum atomic E-state index is 13.2. The van der Waals surface area contributed by atoms with E-state index in [1.807, 2.05) is 25.1 Å². The number of carbonyl (C=O) groups is 1. The maximum absolute atomic E-state index is 13.2. The zero-order valence-electron chi connectivity index (χ0n) is 18.3. The SMILES string of the molecule is COCCCN1COc2cc(C)c3c(c2C1)O/C(=C\c1cc(OC)ccc1OC)C3=O. The Morgan fingerprint density at radius 3 is 2.74 bits per heavy atom. The number of methoxy groups -OCH3 is 3. The number of fused-ring (bicyclic) bond motifs is 3. The van der Waals surface area contributed by atoms with E-state index in [1.165, 1.54) is 0 Å². The quantitative estimate of drug-likeness (QED) is 0.494. The van der Waals surface area contributed by atoms with Gasteiger partial charge in [0.25, 0.3) is 0 Å². The molecule has 7 heteroatoms. The van der Waals surface area contributed by atoms with Gasteiger partial charge >= 0.3 is 0 Å². The Bertz CT molecular complexity index is 1030. The third-order valence-corrected chi connectivity index (χ3v) is 5.53. The average Bonchev–Trinajstić information content (AvgIpc) is 3.11. The smallest absolute Gasteiger partial charge is 0.232 e. The largest absolute Gasteiger partial charge is 0.497 e. The Labute approximate surface area is 182 Å². The molecule has 7 nitrogen and oxygen atoms in total. The van der Waals surface area contributed by atoms with Crippen molar-refractivity contribution in [3.05, 3.63) is 52.3 Å². The summed E-state index contributed by atoms with van der Waals surface area (Å²) < 4.78 is 28.0. The van der Waals surface area contributed by atoms with Crippen LogP contribution in [0, 0.1) is 6.92 Å². The molecule has 31 heavy (non-hydrogen) atoms. The summed E-state index contributed by atoms with van der Waals surface area (Å²) >= 11 is 0. The van der Waals surface area contributed by atoms with Crippen LogP contribution in [0.2, 0.25) is 0 Å². The molecule has 0 unspecified atom stereocenters. The number of nitrogens with zero attached hydrogens (tertiary/aromatic N) is 1. The lowest BCUT2D eigenvalue weighted by atomic mass is 9.98. The fourth-order valence-corrected chi connectivity index (χ4v) is 3.95. The monoisotopic (exact) mass is 425 g/mol. The number of carbonyl (C=O) groups excluding carboxylic acids is 1. The van der Waals surface area contributed by atoms with Gasteiger partial charge in [-0.25, -0.2) is 0 Å². The van der Waals surface area contributed by atoms with Crippen molar-refractivity contribution in [3.63, 3.8) is 0 Å². The van der Waals surface area contributed by atoms with Gasteiger partial charge in [0.1, 0.15) is 29.7 Å². The van der Waals surface area contributed by atoms with Gasteiger partial charge in [-0.15, -0.1) is 0 Å². The first-order valence-electron chi connectivity index (χ1n) is 10.2. The summed E-state index contributed by atoms with van der Waals surface area (Å²) in [5.74, 6) is 2.78. The lowest BCUT2D eigenvalue weighted by molar-refractivity contribution is 0.0822. The molecular formula is C24H27NO6. The van der Waals surface area contributed by atoms with E-state index >= 15 is 0 Å². The van der Waals surface area contributed by atoms with Crippen LogP contribution in [0.3, 0.4) is 0 Å². The highest BCUT2D eigenvalue weighted by Crippen LogP contribution is 2.44. The normalized spacial score (nSPS) is 16.5. The highest BCUT2D eigenvalue weighted by Gasteiger charge is 2.35. The van der Waals surface area contributed by atoms with Crippen molar-refractivity contribution in [1.29, 1.82) is 0 Å². The molecule has 4 rings (SSSR count). The fourth-order valence-electron chi connectivity index (χ4n) is 3.95. The summed E-state index contributed by atoms with van der Waals surface area (Å²) in [6, 6.07) is 7.35. The van der Waals surface area contributed by atoms with Gasteiger partial charge in [0.2, 0.25) is 5.78 Å². The van der Waals surface area contributed by atoms with Crippen LogP contribution in [-0.4, -0.2) is 51.9 Å². The van der Waals surface area contributed by atoms with E-state index in [2.05, 4.69) is 4.90 Å². The van der Waals surface area contributed by atoms with Gasteiger partial charge in [-0.3, -0.25) is 9.69 Å². The van der Waals surface area contributed by atoms with E-state index in [1.54, 1.807) is 33.5 Å². The number of ether oxygens (including phenoxy) is 5. The van der Waals surface area contributed by atoms with Crippen LogP contribution in [0.5, 0.6) is 23.0 Å². The minimum absolute atomic E-state index is 0.142. The minimum atomic E-state index is -0.142. The second kappa shape index (κ2) is 8.99. The molecule has 0 bridgehead atoms. The Hall–Kier alpha value is -3.03. The van der Waals surface area contributed by atoms with Crippen LogP contribution in [0.4, 0.5) is 0 Å². The second-order valence-corrected chi connectivity index (χ2v) is 7.59. The highest BCUT2D eigenvalue weighted by atomic mass is 16.5. The van der Waals surface area contributed by atoms with Crippen LogP contribution in [0.15, 0.2) is 30.0 Å². The van der Waals surface area contributed by atoms with E-state index in [4.69, 9.17) is 23.7 Å². The number of hydrogen-bond acceptors (Lipinski definition) is 7. The number of benzene rings is 2. The molecule has 2 heterocycles. The van der Waals surface area contributed by atoms with Gasteiger partial charge in [0, 0.05) is 32.4 Å². The summed E-state index contributed by atoms with van der Waals surface area (Å²) in [7, 11) is 4.88. The Balaban J connectivity index is 1.67. The number of hydrogen-bond donors (Lipinski definition) is 0.